The van der Waals surface area contributed by atoms with Gasteiger partial charge in [0.05, 0.1) is 23.0 Å². The van der Waals surface area contributed by atoms with Gasteiger partial charge in [-0.3, -0.25) is 4.79 Å². The second-order valence-corrected chi connectivity index (χ2v) is 8.82. The van der Waals surface area contributed by atoms with Crippen molar-refractivity contribution in [2.75, 3.05) is 5.32 Å². The van der Waals surface area contributed by atoms with E-state index in [-0.39, 0.29) is 11.9 Å². The highest BCUT2D eigenvalue weighted by molar-refractivity contribution is 9.10. The average molecular weight is 460 g/mol. The topological polar surface area (TPSA) is 53.9 Å². The van der Waals surface area contributed by atoms with Crippen molar-refractivity contribution < 1.29 is 9.53 Å². The van der Waals surface area contributed by atoms with E-state index in [0.29, 0.717) is 12.2 Å². The SMILES string of the molecule is Cc1ccc2c(c1)[C@]1(Oc3ccc(Br)cc3[C@H]3CC(c4ccccc4)=NN31)C(=O)N2. The van der Waals surface area contributed by atoms with Crippen LogP contribution in [0.2, 0.25) is 0 Å². The Hall–Kier alpha value is -3.12. The fourth-order valence-corrected chi connectivity index (χ4v) is 5.01. The quantitative estimate of drug-likeness (QED) is 0.550. The first-order chi connectivity index (χ1) is 14.6. The number of nitrogens with zero attached hydrogens (tertiary/aromatic N) is 2. The number of rotatable bonds is 1. The lowest BCUT2D eigenvalue weighted by Crippen LogP contribution is -2.55. The highest BCUT2D eigenvalue weighted by Crippen LogP contribution is 2.54. The number of carbonyl (C=O) groups excluding carboxylic acids is 1. The number of amides is 1. The Kier molecular flexibility index (Phi) is 3.65. The zero-order valence-corrected chi connectivity index (χ0v) is 17.8. The van der Waals surface area contributed by atoms with Crippen LogP contribution in [0.1, 0.15) is 34.7 Å². The van der Waals surface area contributed by atoms with Crippen molar-refractivity contribution in [3.8, 4) is 5.75 Å². The van der Waals surface area contributed by atoms with Crippen LogP contribution in [-0.4, -0.2) is 16.6 Å². The first-order valence-electron chi connectivity index (χ1n) is 9.89. The Morgan fingerprint density at radius 2 is 1.97 bits per heavy atom. The lowest BCUT2D eigenvalue weighted by molar-refractivity contribution is -0.161. The van der Waals surface area contributed by atoms with E-state index in [2.05, 4.69) is 39.4 Å². The highest BCUT2D eigenvalue weighted by Gasteiger charge is 2.60. The molecule has 0 unspecified atom stereocenters. The first kappa shape index (κ1) is 17.7. The third-order valence-corrected chi connectivity index (χ3v) is 6.52. The summed E-state index contributed by atoms with van der Waals surface area (Å²) in [5, 5.41) is 9.85. The maximum Gasteiger partial charge on any atom is 0.306 e. The summed E-state index contributed by atoms with van der Waals surface area (Å²) in [6, 6.07) is 21.9. The van der Waals surface area contributed by atoms with Crippen molar-refractivity contribution in [2.24, 2.45) is 5.10 Å². The number of carbonyl (C=O) groups is 1. The van der Waals surface area contributed by atoms with Gasteiger partial charge in [0.15, 0.2) is 0 Å². The van der Waals surface area contributed by atoms with Gasteiger partial charge in [0.25, 0.3) is 5.91 Å². The molecule has 3 aliphatic heterocycles. The fourth-order valence-electron chi connectivity index (χ4n) is 4.63. The summed E-state index contributed by atoms with van der Waals surface area (Å²) in [5.74, 6) is 0.508. The molecular weight excluding hydrogens is 442 g/mol. The number of aryl methyl sites for hydroxylation is 1. The van der Waals surface area contributed by atoms with Crippen molar-refractivity contribution in [3.63, 3.8) is 0 Å². The second-order valence-electron chi connectivity index (χ2n) is 7.91. The van der Waals surface area contributed by atoms with Gasteiger partial charge in [0.1, 0.15) is 5.75 Å². The Bertz CT molecular complexity index is 1240. The summed E-state index contributed by atoms with van der Waals surface area (Å²) in [6.07, 6.45) is 0.701. The van der Waals surface area contributed by atoms with E-state index in [1.165, 1.54) is 0 Å². The van der Waals surface area contributed by atoms with Gasteiger partial charge in [-0.25, -0.2) is 5.01 Å². The molecule has 6 heteroatoms. The molecule has 148 valence electrons. The highest BCUT2D eigenvalue weighted by atomic mass is 79.9. The molecule has 6 rings (SSSR count). The Morgan fingerprint density at radius 1 is 1.13 bits per heavy atom. The average Bonchev–Trinajstić information content (AvgIpc) is 3.31. The smallest absolute Gasteiger partial charge is 0.306 e. The summed E-state index contributed by atoms with van der Waals surface area (Å²) in [4.78, 5) is 13.4. The molecular formula is C24H18BrN3O2. The number of hydrogen-bond acceptors (Lipinski definition) is 4. The molecule has 1 spiro atoms. The second kappa shape index (κ2) is 6.19. The lowest BCUT2D eigenvalue weighted by atomic mass is 9.92. The van der Waals surface area contributed by atoms with E-state index < -0.39 is 5.72 Å². The molecule has 3 aromatic rings. The van der Waals surface area contributed by atoms with Gasteiger partial charge in [-0.05, 0) is 42.8 Å². The van der Waals surface area contributed by atoms with Crippen molar-refractivity contribution >= 4 is 33.2 Å². The first-order valence-corrected chi connectivity index (χ1v) is 10.7. The summed E-state index contributed by atoms with van der Waals surface area (Å²) in [5.41, 5.74) is 4.37. The summed E-state index contributed by atoms with van der Waals surface area (Å²) in [6.45, 7) is 2.02. The number of halogens is 1. The standard InChI is InChI=1S/C24H18BrN3O2/c1-14-7-9-19-18(11-14)24(23(29)26-19)28-21(17-12-16(25)8-10-22(17)30-24)13-20(27-28)15-5-3-2-4-6-15/h2-12,21H,13H2,1H3,(H,26,29)/t21-,24+/m1/s1. The molecule has 0 bridgehead atoms. The minimum atomic E-state index is -1.32. The van der Waals surface area contributed by atoms with Crippen molar-refractivity contribution in [1.82, 2.24) is 5.01 Å². The lowest BCUT2D eigenvalue weighted by Gasteiger charge is -2.44. The van der Waals surface area contributed by atoms with Gasteiger partial charge in [-0.1, -0.05) is 57.9 Å². The van der Waals surface area contributed by atoms with Crippen LogP contribution >= 0.6 is 15.9 Å². The molecule has 1 N–H and O–H groups in total. The molecule has 0 radical (unpaired) electrons. The number of ether oxygens (including phenoxy) is 1. The van der Waals surface area contributed by atoms with E-state index in [1.54, 1.807) is 0 Å². The molecule has 1 amide bonds. The van der Waals surface area contributed by atoms with Crippen LogP contribution in [0, 0.1) is 6.92 Å². The number of hydrogen-bond donors (Lipinski definition) is 1. The normalized spacial score (nSPS) is 23.4. The number of nitrogens with one attached hydrogen (secondary N) is 1. The third-order valence-electron chi connectivity index (χ3n) is 6.02. The number of hydrazone groups is 1. The van der Waals surface area contributed by atoms with E-state index >= 15 is 0 Å². The van der Waals surface area contributed by atoms with Crippen LogP contribution in [-0.2, 0) is 10.5 Å². The molecule has 0 saturated carbocycles. The van der Waals surface area contributed by atoms with Crippen LogP contribution in [0.5, 0.6) is 5.75 Å². The maximum atomic E-state index is 13.4. The molecule has 3 aliphatic rings. The fraction of sp³-hybridized carbons (Fsp3) is 0.167. The number of benzene rings is 3. The number of anilines is 1. The van der Waals surface area contributed by atoms with Crippen LogP contribution in [0.15, 0.2) is 76.3 Å². The van der Waals surface area contributed by atoms with Gasteiger partial charge in [-0.15, -0.1) is 0 Å². The van der Waals surface area contributed by atoms with Crippen LogP contribution in [0.25, 0.3) is 0 Å². The molecule has 0 saturated heterocycles. The predicted octanol–water partition coefficient (Wildman–Crippen LogP) is 5.11. The van der Waals surface area contributed by atoms with Gasteiger partial charge in [0, 0.05) is 16.5 Å². The summed E-state index contributed by atoms with van der Waals surface area (Å²) < 4.78 is 7.49. The summed E-state index contributed by atoms with van der Waals surface area (Å²) >= 11 is 3.58. The molecule has 3 aromatic carbocycles. The molecule has 30 heavy (non-hydrogen) atoms. The van der Waals surface area contributed by atoms with Crippen molar-refractivity contribution in [2.45, 2.75) is 25.1 Å². The Morgan fingerprint density at radius 3 is 2.80 bits per heavy atom. The zero-order valence-electron chi connectivity index (χ0n) is 16.2. The van der Waals surface area contributed by atoms with Gasteiger partial charge in [0.2, 0.25) is 0 Å². The van der Waals surface area contributed by atoms with E-state index in [9.17, 15) is 4.79 Å². The zero-order chi connectivity index (χ0) is 20.5. The van der Waals surface area contributed by atoms with E-state index in [1.807, 2.05) is 60.5 Å². The largest absolute Gasteiger partial charge is 0.453 e. The van der Waals surface area contributed by atoms with Gasteiger partial charge < -0.3 is 10.1 Å². The van der Waals surface area contributed by atoms with Crippen LogP contribution in [0.4, 0.5) is 5.69 Å². The van der Waals surface area contributed by atoms with Crippen LogP contribution < -0.4 is 10.1 Å². The third kappa shape index (κ3) is 2.34. The maximum absolute atomic E-state index is 13.4. The van der Waals surface area contributed by atoms with Gasteiger partial charge in [-0.2, -0.15) is 5.10 Å². The summed E-state index contributed by atoms with van der Waals surface area (Å²) in [7, 11) is 0. The van der Waals surface area contributed by atoms with Crippen molar-refractivity contribution in [1.29, 1.82) is 0 Å². The number of fused-ring (bicyclic) bond motifs is 6. The Balaban J connectivity index is 1.60. The molecule has 2 atom stereocenters. The molecule has 0 aliphatic carbocycles. The van der Waals surface area contributed by atoms with E-state index in [4.69, 9.17) is 9.84 Å². The predicted molar refractivity (Wildman–Crippen MR) is 118 cm³/mol. The minimum Gasteiger partial charge on any atom is -0.453 e. The monoisotopic (exact) mass is 459 g/mol. The minimum absolute atomic E-state index is 0.0985. The van der Waals surface area contributed by atoms with Crippen LogP contribution in [0.3, 0.4) is 0 Å². The molecule has 0 aromatic heterocycles. The molecule has 3 heterocycles. The molecule has 0 fully saturated rings. The Labute approximate surface area is 182 Å². The molecule has 5 nitrogen and oxygen atoms in total. The van der Waals surface area contributed by atoms with Gasteiger partial charge >= 0.3 is 5.72 Å². The van der Waals surface area contributed by atoms with E-state index in [0.717, 1.165) is 38.1 Å². The van der Waals surface area contributed by atoms with Crippen molar-refractivity contribution in [3.05, 3.63) is 93.5 Å².